The molecule has 6 nitrogen and oxygen atoms in total. The Morgan fingerprint density at radius 2 is 1.88 bits per heavy atom. The van der Waals surface area contributed by atoms with E-state index in [1.54, 1.807) is 22.8 Å². The van der Waals surface area contributed by atoms with Crippen LogP contribution in [0.5, 0.6) is 0 Å². The van der Waals surface area contributed by atoms with Crippen LogP contribution < -0.4 is 5.73 Å². The van der Waals surface area contributed by atoms with Crippen LogP contribution in [0.15, 0.2) is 48.9 Å². The van der Waals surface area contributed by atoms with Gasteiger partial charge in [-0.15, -0.1) is 0 Å². The van der Waals surface area contributed by atoms with E-state index in [1.165, 1.54) is 12.1 Å². The lowest BCUT2D eigenvalue weighted by atomic mass is 10.1. The van der Waals surface area contributed by atoms with Crippen molar-refractivity contribution in [2.45, 2.75) is 18.9 Å². The summed E-state index contributed by atoms with van der Waals surface area (Å²) >= 11 is 0. The quantitative estimate of drug-likeness (QED) is 0.624. The fraction of sp³-hybridized carbons (Fsp3) is 0.167. The lowest BCUT2D eigenvalue weighted by Crippen LogP contribution is -2.00. The number of imidazole rings is 2. The van der Waals surface area contributed by atoms with Gasteiger partial charge in [-0.1, -0.05) is 0 Å². The number of hydrogen-bond acceptors (Lipinski definition) is 4. The Bertz CT molecular complexity index is 1070. The number of rotatable bonds is 3. The predicted molar refractivity (Wildman–Crippen MR) is 92.3 cm³/mol. The molecule has 5 rings (SSSR count). The van der Waals surface area contributed by atoms with Gasteiger partial charge >= 0.3 is 0 Å². The molecule has 3 heterocycles. The minimum Gasteiger partial charge on any atom is -0.382 e. The van der Waals surface area contributed by atoms with Crippen molar-refractivity contribution in [3.8, 4) is 22.6 Å². The van der Waals surface area contributed by atoms with Crippen molar-refractivity contribution < 1.29 is 4.39 Å². The van der Waals surface area contributed by atoms with Crippen LogP contribution in [-0.2, 0) is 0 Å². The summed E-state index contributed by atoms with van der Waals surface area (Å²) in [7, 11) is 0. The number of hydrogen-bond donors (Lipinski definition) is 1. The standard InChI is InChI=1S/C18H15FN6/c19-12-3-1-11(2-4-12)17-18(24(10-21-17)13-5-6-13)14-7-8-16-22-15(20)9-25(16)23-14/h1-4,7-10,13H,5-6,20H2. The molecule has 1 aromatic carbocycles. The van der Waals surface area contributed by atoms with Crippen LogP contribution in [0.4, 0.5) is 10.2 Å². The zero-order valence-corrected chi connectivity index (χ0v) is 13.3. The highest BCUT2D eigenvalue weighted by molar-refractivity contribution is 5.77. The van der Waals surface area contributed by atoms with E-state index in [4.69, 9.17) is 5.73 Å². The molecule has 1 aliphatic rings. The molecule has 2 N–H and O–H groups in total. The van der Waals surface area contributed by atoms with Crippen LogP contribution in [-0.4, -0.2) is 24.1 Å². The third-order valence-electron chi connectivity index (χ3n) is 4.43. The largest absolute Gasteiger partial charge is 0.382 e. The molecule has 0 bridgehead atoms. The first-order chi connectivity index (χ1) is 12.2. The van der Waals surface area contributed by atoms with Crippen LogP contribution in [0.2, 0.25) is 0 Å². The molecule has 25 heavy (non-hydrogen) atoms. The second-order valence-electron chi connectivity index (χ2n) is 6.27. The summed E-state index contributed by atoms with van der Waals surface area (Å²) in [5.74, 6) is 0.166. The maximum Gasteiger partial charge on any atom is 0.156 e. The van der Waals surface area contributed by atoms with E-state index < -0.39 is 0 Å². The highest BCUT2D eigenvalue weighted by Crippen LogP contribution is 2.41. The molecular weight excluding hydrogens is 319 g/mol. The second kappa shape index (κ2) is 5.14. The molecule has 0 spiro atoms. The molecule has 0 unspecified atom stereocenters. The second-order valence-corrected chi connectivity index (χ2v) is 6.27. The Kier molecular flexibility index (Phi) is 2.91. The molecule has 7 heteroatoms. The fourth-order valence-corrected chi connectivity index (χ4v) is 3.09. The molecule has 0 saturated heterocycles. The van der Waals surface area contributed by atoms with Crippen LogP contribution in [0.25, 0.3) is 28.3 Å². The first-order valence-corrected chi connectivity index (χ1v) is 8.14. The Balaban J connectivity index is 1.72. The molecule has 1 saturated carbocycles. The van der Waals surface area contributed by atoms with E-state index in [1.807, 2.05) is 18.5 Å². The van der Waals surface area contributed by atoms with Crippen LogP contribution in [0.3, 0.4) is 0 Å². The molecule has 0 radical (unpaired) electrons. The number of nitrogens with two attached hydrogens (primary N) is 1. The minimum atomic E-state index is -0.264. The number of nitrogen functional groups attached to an aromatic ring is 1. The number of nitrogens with zero attached hydrogens (tertiary/aromatic N) is 5. The minimum absolute atomic E-state index is 0.264. The van der Waals surface area contributed by atoms with Crippen molar-refractivity contribution in [2.24, 2.45) is 0 Å². The molecule has 0 aliphatic heterocycles. The summed E-state index contributed by atoms with van der Waals surface area (Å²) < 4.78 is 17.1. The summed E-state index contributed by atoms with van der Waals surface area (Å²) in [5.41, 5.74) is 9.84. The van der Waals surface area contributed by atoms with E-state index in [0.29, 0.717) is 17.5 Å². The van der Waals surface area contributed by atoms with Crippen molar-refractivity contribution in [3.63, 3.8) is 0 Å². The third-order valence-corrected chi connectivity index (χ3v) is 4.43. The van der Waals surface area contributed by atoms with Crippen molar-refractivity contribution in [3.05, 3.63) is 54.7 Å². The van der Waals surface area contributed by atoms with Gasteiger partial charge in [0.1, 0.15) is 17.3 Å². The first kappa shape index (κ1) is 14.2. The lowest BCUT2D eigenvalue weighted by molar-refractivity contribution is 0.628. The monoisotopic (exact) mass is 334 g/mol. The van der Waals surface area contributed by atoms with Gasteiger partial charge in [-0.05, 0) is 49.2 Å². The zero-order chi connectivity index (χ0) is 17.0. The van der Waals surface area contributed by atoms with Gasteiger partial charge in [0, 0.05) is 11.6 Å². The van der Waals surface area contributed by atoms with Crippen molar-refractivity contribution in [1.82, 2.24) is 24.1 Å². The first-order valence-electron chi connectivity index (χ1n) is 8.14. The Labute approximate surface area is 142 Å². The Morgan fingerprint density at radius 3 is 2.64 bits per heavy atom. The third kappa shape index (κ3) is 2.36. The molecule has 1 aliphatic carbocycles. The van der Waals surface area contributed by atoms with Crippen LogP contribution in [0.1, 0.15) is 18.9 Å². The number of aromatic nitrogens is 5. The van der Waals surface area contributed by atoms with Gasteiger partial charge in [-0.2, -0.15) is 5.10 Å². The smallest absolute Gasteiger partial charge is 0.156 e. The van der Waals surface area contributed by atoms with Crippen LogP contribution in [0, 0.1) is 5.82 Å². The molecule has 124 valence electrons. The molecule has 3 aromatic heterocycles. The van der Waals surface area contributed by atoms with Crippen molar-refractivity contribution >= 4 is 11.5 Å². The predicted octanol–water partition coefficient (Wildman–Crippen LogP) is 3.32. The van der Waals surface area contributed by atoms with Crippen molar-refractivity contribution in [2.75, 3.05) is 5.73 Å². The molecule has 4 aromatic rings. The number of benzene rings is 1. The molecular formula is C18H15FN6. The van der Waals surface area contributed by atoms with E-state index >= 15 is 0 Å². The molecule has 0 atom stereocenters. The van der Waals surface area contributed by atoms with E-state index in [0.717, 1.165) is 35.5 Å². The van der Waals surface area contributed by atoms with E-state index in [9.17, 15) is 4.39 Å². The van der Waals surface area contributed by atoms with E-state index in [2.05, 4.69) is 19.6 Å². The Hall–Kier alpha value is -3.22. The number of fused-ring (bicyclic) bond motifs is 1. The summed E-state index contributed by atoms with van der Waals surface area (Å²) in [4.78, 5) is 8.80. The summed E-state index contributed by atoms with van der Waals surface area (Å²) in [5, 5.41) is 4.65. The van der Waals surface area contributed by atoms with Gasteiger partial charge in [0.25, 0.3) is 0 Å². The highest BCUT2D eigenvalue weighted by Gasteiger charge is 2.29. The SMILES string of the molecule is Nc1cn2nc(-c3c(-c4ccc(F)cc4)ncn3C3CC3)ccc2n1. The van der Waals surface area contributed by atoms with Gasteiger partial charge < -0.3 is 10.3 Å². The van der Waals surface area contributed by atoms with Crippen LogP contribution >= 0.6 is 0 Å². The summed E-state index contributed by atoms with van der Waals surface area (Å²) in [6.45, 7) is 0. The zero-order valence-electron chi connectivity index (χ0n) is 13.3. The van der Waals surface area contributed by atoms with Gasteiger partial charge in [0.15, 0.2) is 5.65 Å². The van der Waals surface area contributed by atoms with Gasteiger partial charge in [0.2, 0.25) is 0 Å². The number of anilines is 1. The summed E-state index contributed by atoms with van der Waals surface area (Å²) in [6, 6.07) is 10.6. The fourth-order valence-electron chi connectivity index (χ4n) is 3.09. The Morgan fingerprint density at radius 1 is 1.08 bits per heavy atom. The maximum absolute atomic E-state index is 13.3. The van der Waals surface area contributed by atoms with Crippen molar-refractivity contribution in [1.29, 1.82) is 0 Å². The van der Waals surface area contributed by atoms with Gasteiger partial charge in [0.05, 0.1) is 23.9 Å². The molecule has 1 fully saturated rings. The summed E-state index contributed by atoms with van der Waals surface area (Å²) in [6.07, 6.45) is 5.80. The van der Waals surface area contributed by atoms with Gasteiger partial charge in [-0.25, -0.2) is 18.9 Å². The number of halogens is 1. The van der Waals surface area contributed by atoms with E-state index in [-0.39, 0.29) is 5.82 Å². The maximum atomic E-state index is 13.3. The lowest BCUT2D eigenvalue weighted by Gasteiger charge is -2.09. The normalized spacial score (nSPS) is 14.3. The highest BCUT2D eigenvalue weighted by atomic mass is 19.1. The average molecular weight is 334 g/mol. The topological polar surface area (TPSA) is 74.0 Å². The average Bonchev–Trinajstić information content (AvgIpc) is 3.24. The molecule has 0 amide bonds. The van der Waals surface area contributed by atoms with Gasteiger partial charge in [-0.3, -0.25) is 0 Å².